The fraction of sp³-hybridized carbons (Fsp3) is 0.348. The van der Waals surface area contributed by atoms with E-state index < -0.39 is 20.5 Å². The van der Waals surface area contributed by atoms with Crippen LogP contribution in [0.25, 0.3) is 6.08 Å². The first-order valence-electron chi connectivity index (χ1n) is 10.00. The summed E-state index contributed by atoms with van der Waals surface area (Å²) in [6, 6.07) is 7.39. The number of carboxylic acids is 2. The van der Waals surface area contributed by atoms with Crippen molar-refractivity contribution in [2.24, 2.45) is 0 Å². The zero-order chi connectivity index (χ0) is 32.5. The number of halogens is 1. The third kappa shape index (κ3) is 57.8. The van der Waals surface area contributed by atoms with Crippen LogP contribution in [0.3, 0.4) is 0 Å². The predicted molar refractivity (Wildman–Crippen MR) is 140 cm³/mol. The van der Waals surface area contributed by atoms with Gasteiger partial charge in [0.25, 0.3) is 11.9 Å². The zero-order valence-corrected chi connectivity index (χ0v) is 27.3. The molecule has 41 heavy (non-hydrogen) atoms. The Morgan fingerprint density at radius 2 is 1.15 bits per heavy atom. The molecule has 0 aliphatic rings. The fourth-order valence-electron chi connectivity index (χ4n) is 1.39. The number of aryl methyl sites for hydroxylation is 2. The number of carbonyl (C=O) groups is 3. The molecule has 2 heterocycles. The molecule has 18 heteroatoms. The average molecular weight is 766 g/mol. The number of hydrogen-bond donors (Lipinski definition) is 2. The van der Waals surface area contributed by atoms with Gasteiger partial charge in [-0.3, -0.25) is 9.59 Å². The Bertz CT molecular complexity index is 950. The van der Waals surface area contributed by atoms with Crippen molar-refractivity contribution in [1.29, 1.82) is 0 Å². The van der Waals surface area contributed by atoms with Crippen molar-refractivity contribution in [3.05, 3.63) is 52.3 Å². The molecule has 0 aromatic carbocycles. The zero-order valence-electron chi connectivity index (χ0n) is 23.3. The molecule has 2 aromatic rings. The van der Waals surface area contributed by atoms with Crippen LogP contribution in [0, 0.1) is 13.8 Å². The Labute approximate surface area is 259 Å². The van der Waals surface area contributed by atoms with E-state index in [1.807, 2.05) is 32.0 Å². The van der Waals surface area contributed by atoms with Gasteiger partial charge < -0.3 is 37.4 Å². The van der Waals surface area contributed by atoms with E-state index >= 15 is 0 Å². The van der Waals surface area contributed by atoms with Gasteiger partial charge in [-0.25, -0.2) is 4.79 Å². The molecule has 0 aliphatic heterocycles. The molecule has 0 fully saturated rings. The predicted octanol–water partition coefficient (Wildman–Crippen LogP) is 4.29. The second kappa shape index (κ2) is 39.1. The van der Waals surface area contributed by atoms with Gasteiger partial charge in [-0.1, -0.05) is 0 Å². The fourth-order valence-corrected chi connectivity index (χ4v) is 2.22. The van der Waals surface area contributed by atoms with E-state index in [0.717, 1.165) is 30.0 Å². The molecule has 0 atom stereocenters. The van der Waals surface area contributed by atoms with Gasteiger partial charge in [0.1, 0.15) is 17.3 Å². The van der Waals surface area contributed by atoms with Crippen LogP contribution in [0.15, 0.2) is 43.8 Å². The van der Waals surface area contributed by atoms with Crippen molar-refractivity contribution in [2.45, 2.75) is 27.7 Å². The average Bonchev–Trinajstić information content (AvgIpc) is 3.46. The van der Waals surface area contributed by atoms with E-state index in [-0.39, 0.29) is 38.7 Å². The quantitative estimate of drug-likeness (QED) is 0.188. The Balaban J connectivity index is -0.0000000931. The van der Waals surface area contributed by atoms with Gasteiger partial charge >= 0.3 is 26.9 Å². The molecule has 15 nitrogen and oxygen atoms in total. The Hall–Kier alpha value is -3.08. The molecule has 0 saturated heterocycles. The van der Waals surface area contributed by atoms with Crippen LogP contribution in [0.5, 0.6) is 0 Å². The molecular formula is C23H32BrO15PPd. The monoisotopic (exact) mass is 764 g/mol. The Kier molecular flexibility index (Phi) is 48.3. The summed E-state index contributed by atoms with van der Waals surface area (Å²) in [6.45, 7) is 5.92. The van der Waals surface area contributed by atoms with Crippen molar-refractivity contribution >= 4 is 60.8 Å². The molecule has 0 aliphatic carbocycles. The van der Waals surface area contributed by atoms with Crippen LogP contribution in [-0.4, -0.2) is 68.9 Å². The van der Waals surface area contributed by atoms with Crippen LogP contribution in [0.1, 0.15) is 31.1 Å². The summed E-state index contributed by atoms with van der Waals surface area (Å²) in [5, 5.41) is 14.8. The van der Waals surface area contributed by atoms with Gasteiger partial charge in [-0.15, -0.1) is 0 Å². The first kappa shape index (κ1) is 50.7. The molecule has 0 saturated carbocycles. The molecule has 2 N–H and O–H groups in total. The molecule has 0 unspecified atom stereocenters. The number of methoxy groups -OCH3 is 1. The maximum Gasteiger partial charge on any atom is 0.373 e. The SMILES string of the molecule is CC(=O)O.CC(=O)O.COC(=O)/C=C/c1ccc(C)o1.COP(OC)OC.Cc1ccc(Br)o1.O=C=O.O=C=O.[Pd]. The van der Waals surface area contributed by atoms with E-state index in [1.165, 1.54) is 13.2 Å². The number of aliphatic carboxylic acids is 2. The van der Waals surface area contributed by atoms with E-state index in [1.54, 1.807) is 33.5 Å². The minimum absolute atomic E-state index is 0. The number of rotatable bonds is 5. The summed E-state index contributed by atoms with van der Waals surface area (Å²) in [5.41, 5.74) is 0. The van der Waals surface area contributed by atoms with Crippen molar-refractivity contribution in [1.82, 2.24) is 0 Å². The van der Waals surface area contributed by atoms with Crippen LogP contribution >= 0.6 is 24.5 Å². The van der Waals surface area contributed by atoms with Crippen molar-refractivity contribution in [3.63, 3.8) is 0 Å². The van der Waals surface area contributed by atoms with Crippen LogP contribution in [0.2, 0.25) is 0 Å². The summed E-state index contributed by atoms with van der Waals surface area (Å²) < 4.78 is 29.4. The number of hydrogen-bond acceptors (Lipinski definition) is 13. The minimum Gasteiger partial charge on any atom is -0.481 e. The summed E-state index contributed by atoms with van der Waals surface area (Å²) in [5.74, 6) is 0.355. The van der Waals surface area contributed by atoms with Gasteiger partial charge in [-0.2, -0.15) is 19.2 Å². The van der Waals surface area contributed by atoms with Crippen LogP contribution in [-0.2, 0) is 72.3 Å². The first-order chi connectivity index (χ1) is 18.6. The normalized spacial score (nSPS) is 8.05. The largest absolute Gasteiger partial charge is 0.481 e. The first-order valence-corrected chi connectivity index (χ1v) is 11.9. The topological polar surface area (TPSA) is 223 Å². The summed E-state index contributed by atoms with van der Waals surface area (Å²) >= 11 is 3.17. The van der Waals surface area contributed by atoms with Crippen molar-refractivity contribution in [3.8, 4) is 0 Å². The Morgan fingerprint density at radius 1 is 0.805 bits per heavy atom. The van der Waals surface area contributed by atoms with Crippen molar-refractivity contribution < 1.29 is 91.3 Å². The maximum absolute atomic E-state index is 10.6. The van der Waals surface area contributed by atoms with E-state index in [4.69, 9.17) is 47.8 Å². The number of carboxylic acid groups (broad SMARTS) is 2. The number of carbonyl (C=O) groups excluding carboxylic acids is 5. The second-order valence-electron chi connectivity index (χ2n) is 5.63. The summed E-state index contributed by atoms with van der Waals surface area (Å²) in [7, 11) is 4.90. The van der Waals surface area contributed by atoms with E-state index in [9.17, 15) is 4.79 Å². The Morgan fingerprint density at radius 3 is 1.32 bits per heavy atom. The van der Waals surface area contributed by atoms with Crippen LogP contribution < -0.4 is 0 Å². The smallest absolute Gasteiger partial charge is 0.373 e. The standard InChI is InChI=1S/C9H10O3.C5H5BrO.C3H9O3P.2C2H4O2.2CO2.Pd/c1-7-3-4-8(12-7)5-6-9(10)11-2;1-4-2-3-5(6)7-4;1-4-7(5-2)6-3;2*1-2(3)4;2*2-1-3;/h3-6H,1-2H3;2-3H,1H3;1-3H3;2*1H3,(H,3,4);;;/b6-5+;;;;;;;. The maximum atomic E-state index is 10.6. The molecule has 2 rings (SSSR count). The molecular weight excluding hydrogens is 734 g/mol. The van der Waals surface area contributed by atoms with Gasteiger partial charge in [0.2, 0.25) is 0 Å². The third-order valence-electron chi connectivity index (χ3n) is 2.50. The number of furan rings is 2. The second-order valence-corrected chi connectivity index (χ2v) is 7.96. The molecule has 0 spiro atoms. The molecule has 236 valence electrons. The van der Waals surface area contributed by atoms with Gasteiger partial charge in [0.15, 0.2) is 4.67 Å². The molecule has 0 amide bonds. The van der Waals surface area contributed by atoms with Crippen LogP contribution in [0.4, 0.5) is 0 Å². The summed E-state index contributed by atoms with van der Waals surface area (Å²) in [6.07, 6.45) is 3.39. The van der Waals surface area contributed by atoms with Gasteiger partial charge in [-0.05, 0) is 60.1 Å². The minimum atomic E-state index is -1.05. The molecule has 2 aromatic heterocycles. The summed E-state index contributed by atoms with van der Waals surface area (Å²) in [4.78, 5) is 61.1. The van der Waals surface area contributed by atoms with E-state index in [0.29, 0.717) is 5.76 Å². The van der Waals surface area contributed by atoms with Gasteiger partial charge in [0.05, 0.1) is 7.11 Å². The third-order valence-corrected chi connectivity index (χ3v) is 3.82. The molecule has 0 bridgehead atoms. The van der Waals surface area contributed by atoms with Crippen molar-refractivity contribution in [2.75, 3.05) is 28.4 Å². The number of ether oxygens (including phenoxy) is 1. The van der Waals surface area contributed by atoms with Gasteiger partial charge in [0, 0.05) is 61.7 Å². The van der Waals surface area contributed by atoms with E-state index in [2.05, 4.69) is 34.2 Å². The number of esters is 1. The molecule has 0 radical (unpaired) electrons.